The first kappa shape index (κ1) is 47.8. The van der Waals surface area contributed by atoms with E-state index in [1.165, 1.54) is 103 Å². The van der Waals surface area contributed by atoms with Gasteiger partial charge in [0.15, 0.2) is 0 Å². The summed E-state index contributed by atoms with van der Waals surface area (Å²) in [6.45, 7) is 5.19. The molecule has 0 aliphatic rings. The Bertz CT molecular complexity index is 865. The molecule has 0 aromatic rings. The Kier molecular flexibility index (Phi) is 41.1. The highest BCUT2D eigenvalue weighted by Crippen LogP contribution is 2.14. The van der Waals surface area contributed by atoms with Crippen LogP contribution in [0.25, 0.3) is 0 Å². The van der Waals surface area contributed by atoms with Crippen LogP contribution in [-0.4, -0.2) is 37.0 Å². The van der Waals surface area contributed by atoms with Gasteiger partial charge in [-0.3, -0.25) is 4.79 Å². The van der Waals surface area contributed by atoms with Crippen molar-refractivity contribution in [2.24, 2.45) is 0 Å². The monoisotopic (exact) mass is 697 g/mol. The molecule has 4 heteroatoms. The molecule has 0 saturated carbocycles. The minimum Gasteiger partial charge on any atom is -0.457 e. The van der Waals surface area contributed by atoms with Crippen molar-refractivity contribution in [1.29, 1.82) is 0 Å². The number of hydrogen-bond donors (Lipinski definition) is 1. The average Bonchev–Trinajstić information content (AvgIpc) is 3.12. The van der Waals surface area contributed by atoms with E-state index in [4.69, 9.17) is 9.47 Å². The van der Waals surface area contributed by atoms with Gasteiger partial charge in [-0.15, -0.1) is 0 Å². The second-order valence-electron chi connectivity index (χ2n) is 13.7. The van der Waals surface area contributed by atoms with E-state index in [2.05, 4.69) is 86.8 Å². The first-order chi connectivity index (χ1) is 24.7. The van der Waals surface area contributed by atoms with Gasteiger partial charge in [0.05, 0.1) is 13.2 Å². The van der Waals surface area contributed by atoms with Gasteiger partial charge in [0.2, 0.25) is 0 Å². The number of carbonyl (C=O) groups is 1. The highest BCUT2D eigenvalue weighted by atomic mass is 16.6. The smallest absolute Gasteiger partial charge is 0.306 e. The lowest BCUT2D eigenvalue weighted by atomic mass is 10.0. The van der Waals surface area contributed by atoms with Crippen LogP contribution < -0.4 is 0 Å². The molecule has 0 bridgehead atoms. The van der Waals surface area contributed by atoms with Crippen LogP contribution in [-0.2, 0) is 14.3 Å². The Morgan fingerprint density at radius 1 is 0.500 bits per heavy atom. The second kappa shape index (κ2) is 43.0. The van der Waals surface area contributed by atoms with Gasteiger partial charge in [-0.05, 0) is 64.2 Å². The first-order valence-corrected chi connectivity index (χ1v) is 21.0. The molecule has 4 nitrogen and oxygen atoms in total. The molecule has 0 aliphatic carbocycles. The van der Waals surface area contributed by atoms with E-state index in [0.29, 0.717) is 13.0 Å². The third-order valence-corrected chi connectivity index (χ3v) is 8.80. The molecule has 0 amide bonds. The third kappa shape index (κ3) is 40.3. The molecule has 0 saturated heterocycles. The largest absolute Gasteiger partial charge is 0.457 e. The van der Waals surface area contributed by atoms with Crippen LogP contribution in [0, 0.1) is 0 Å². The lowest BCUT2D eigenvalue weighted by Gasteiger charge is -2.15. The summed E-state index contributed by atoms with van der Waals surface area (Å²) in [4.78, 5) is 12.2. The number of aliphatic hydroxyl groups is 1. The van der Waals surface area contributed by atoms with Crippen LogP contribution in [0.4, 0.5) is 0 Å². The van der Waals surface area contributed by atoms with E-state index in [1.54, 1.807) is 0 Å². The number of carbonyl (C=O) groups excluding carboxylic acids is 1. The van der Waals surface area contributed by atoms with Crippen LogP contribution in [0.5, 0.6) is 0 Å². The van der Waals surface area contributed by atoms with Crippen molar-refractivity contribution >= 4 is 5.97 Å². The van der Waals surface area contributed by atoms with Crippen molar-refractivity contribution in [3.05, 3.63) is 72.9 Å². The lowest BCUT2D eigenvalue weighted by molar-refractivity contribution is -0.154. The summed E-state index contributed by atoms with van der Waals surface area (Å²) < 4.78 is 11.1. The Morgan fingerprint density at radius 2 is 0.900 bits per heavy atom. The number of ether oxygens (including phenoxy) is 2. The molecule has 0 aromatic heterocycles. The van der Waals surface area contributed by atoms with E-state index < -0.39 is 6.10 Å². The van der Waals surface area contributed by atoms with E-state index in [-0.39, 0.29) is 19.2 Å². The molecule has 0 aromatic carbocycles. The highest BCUT2D eigenvalue weighted by molar-refractivity contribution is 5.69. The Labute approximate surface area is 310 Å². The summed E-state index contributed by atoms with van der Waals surface area (Å²) in [6, 6.07) is 0. The number of hydrogen-bond acceptors (Lipinski definition) is 4. The maximum atomic E-state index is 12.2. The molecule has 0 fully saturated rings. The summed E-state index contributed by atoms with van der Waals surface area (Å²) in [5.41, 5.74) is 0. The molecule has 0 rings (SSSR count). The molecule has 1 unspecified atom stereocenters. The van der Waals surface area contributed by atoms with Gasteiger partial charge in [0.1, 0.15) is 6.10 Å². The van der Waals surface area contributed by atoms with Crippen molar-refractivity contribution in [3.8, 4) is 0 Å². The van der Waals surface area contributed by atoms with Gasteiger partial charge in [-0.1, -0.05) is 189 Å². The molecule has 1 N–H and O–H groups in total. The zero-order valence-electron chi connectivity index (χ0n) is 32.9. The van der Waals surface area contributed by atoms with Gasteiger partial charge >= 0.3 is 5.97 Å². The molecule has 0 radical (unpaired) electrons. The maximum absolute atomic E-state index is 12.2. The molecule has 50 heavy (non-hydrogen) atoms. The second-order valence-corrected chi connectivity index (χ2v) is 13.7. The molecular weight excluding hydrogens is 617 g/mol. The number of allylic oxidation sites excluding steroid dienone is 12. The van der Waals surface area contributed by atoms with E-state index in [0.717, 1.165) is 64.2 Å². The van der Waals surface area contributed by atoms with Crippen LogP contribution in [0.15, 0.2) is 72.9 Å². The predicted octanol–water partition coefficient (Wildman–Crippen LogP) is 13.8. The fraction of sp³-hybridized carbons (Fsp3) is 0.717. The van der Waals surface area contributed by atoms with Gasteiger partial charge in [0, 0.05) is 13.0 Å². The first-order valence-electron chi connectivity index (χ1n) is 21.0. The fourth-order valence-corrected chi connectivity index (χ4v) is 5.68. The molecule has 0 heterocycles. The number of esters is 1. The van der Waals surface area contributed by atoms with Crippen molar-refractivity contribution in [1.82, 2.24) is 0 Å². The average molecular weight is 697 g/mol. The van der Waals surface area contributed by atoms with Crippen LogP contribution in [0.3, 0.4) is 0 Å². The summed E-state index contributed by atoms with van der Waals surface area (Å²) in [5.74, 6) is -0.242. The normalized spacial score (nSPS) is 13.1. The summed E-state index contributed by atoms with van der Waals surface area (Å²) >= 11 is 0. The molecular formula is C46H80O4. The van der Waals surface area contributed by atoms with Crippen molar-refractivity contribution in [2.75, 3.05) is 19.8 Å². The highest BCUT2D eigenvalue weighted by Gasteiger charge is 2.13. The molecule has 1 atom stereocenters. The van der Waals surface area contributed by atoms with E-state index in [1.807, 2.05) is 0 Å². The summed E-state index contributed by atoms with van der Waals surface area (Å²) in [6.07, 6.45) is 58.1. The Hall–Kier alpha value is -2.17. The van der Waals surface area contributed by atoms with Crippen molar-refractivity contribution in [2.45, 2.75) is 193 Å². The SMILES string of the molecule is CC/C=C\C/C=C\C/C=C\C/C=C\C/C=C\C/C=C\CCCCC(=O)OC(CO)COCCCCCCCCCCCCCCCCCCC. The topological polar surface area (TPSA) is 55.8 Å². The minimum atomic E-state index is -0.559. The quantitative estimate of drug-likeness (QED) is 0.0397. The molecule has 0 spiro atoms. The summed E-state index contributed by atoms with van der Waals surface area (Å²) in [7, 11) is 0. The Morgan fingerprint density at radius 3 is 1.32 bits per heavy atom. The predicted molar refractivity (Wildman–Crippen MR) is 219 cm³/mol. The lowest BCUT2D eigenvalue weighted by Crippen LogP contribution is -2.27. The van der Waals surface area contributed by atoms with Gasteiger partial charge in [0.25, 0.3) is 0 Å². The van der Waals surface area contributed by atoms with Gasteiger partial charge in [-0.2, -0.15) is 0 Å². The van der Waals surface area contributed by atoms with Gasteiger partial charge < -0.3 is 14.6 Å². The van der Waals surface area contributed by atoms with Crippen molar-refractivity contribution in [3.63, 3.8) is 0 Å². The number of unbranched alkanes of at least 4 members (excludes halogenated alkanes) is 18. The minimum absolute atomic E-state index is 0.191. The van der Waals surface area contributed by atoms with Crippen LogP contribution >= 0.6 is 0 Å². The maximum Gasteiger partial charge on any atom is 0.306 e. The zero-order valence-corrected chi connectivity index (χ0v) is 32.9. The molecule has 0 aliphatic heterocycles. The van der Waals surface area contributed by atoms with Crippen LogP contribution in [0.2, 0.25) is 0 Å². The third-order valence-electron chi connectivity index (χ3n) is 8.80. The van der Waals surface area contributed by atoms with E-state index in [9.17, 15) is 9.90 Å². The van der Waals surface area contributed by atoms with Gasteiger partial charge in [-0.25, -0.2) is 0 Å². The summed E-state index contributed by atoms with van der Waals surface area (Å²) in [5, 5.41) is 9.59. The Balaban J connectivity index is 3.55. The zero-order chi connectivity index (χ0) is 36.3. The molecule has 288 valence electrons. The fourth-order valence-electron chi connectivity index (χ4n) is 5.68. The number of aliphatic hydroxyl groups excluding tert-OH is 1. The van der Waals surface area contributed by atoms with E-state index >= 15 is 0 Å². The standard InChI is InChI=1S/C46H80O4/c1-3-5-7-9-11-13-15-17-19-21-22-23-24-25-27-29-31-33-35-37-39-41-46(48)50-45(43-47)44-49-42-40-38-36-34-32-30-28-26-20-18-16-14-12-10-8-6-4-2/h5,7,11,13,17,19,22-23,25,27,31,33,45,47H,3-4,6,8-10,12,14-16,18,20-21,24,26,28-30,32,34-44H2,1-2H3/b7-5-,13-11-,19-17-,23-22-,27-25-,33-31-. The van der Waals surface area contributed by atoms with Crippen molar-refractivity contribution < 1.29 is 19.4 Å². The van der Waals surface area contributed by atoms with Crippen LogP contribution in [0.1, 0.15) is 187 Å². The number of rotatable bonds is 38.